The van der Waals surface area contributed by atoms with Gasteiger partial charge in [-0.05, 0) is 38.3 Å². The lowest BCUT2D eigenvalue weighted by molar-refractivity contribution is -0.138. The van der Waals surface area contributed by atoms with Gasteiger partial charge in [-0.3, -0.25) is 9.78 Å². The summed E-state index contributed by atoms with van der Waals surface area (Å²) in [5, 5.41) is 2.79. The minimum atomic E-state index is -4.49. The fourth-order valence-corrected chi connectivity index (χ4v) is 2.65. The van der Waals surface area contributed by atoms with Crippen molar-refractivity contribution in [2.75, 3.05) is 6.61 Å². The van der Waals surface area contributed by atoms with Crippen molar-refractivity contribution in [3.63, 3.8) is 0 Å². The van der Waals surface area contributed by atoms with Crippen LogP contribution in [0.2, 0.25) is 0 Å². The zero-order valence-corrected chi connectivity index (χ0v) is 12.5. The molecule has 1 aromatic rings. The first-order valence-electron chi connectivity index (χ1n) is 7.11. The molecule has 0 unspecified atom stereocenters. The van der Waals surface area contributed by atoms with E-state index in [-0.39, 0.29) is 23.6 Å². The van der Waals surface area contributed by atoms with E-state index in [2.05, 4.69) is 10.3 Å². The van der Waals surface area contributed by atoms with Crippen LogP contribution in [0.5, 0.6) is 0 Å². The molecule has 0 aliphatic carbocycles. The molecular weight excluding hydrogens is 297 g/mol. The monoisotopic (exact) mass is 316 g/mol. The number of aromatic nitrogens is 1. The Labute approximate surface area is 127 Å². The third-order valence-corrected chi connectivity index (χ3v) is 3.62. The van der Waals surface area contributed by atoms with Crippen LogP contribution in [0.3, 0.4) is 0 Å². The van der Waals surface area contributed by atoms with Crippen LogP contribution in [0.4, 0.5) is 13.2 Å². The quantitative estimate of drug-likeness (QED) is 0.933. The number of hydrogen-bond acceptors (Lipinski definition) is 3. The van der Waals surface area contributed by atoms with Gasteiger partial charge in [-0.25, -0.2) is 0 Å². The average Bonchev–Trinajstić information content (AvgIpc) is 2.36. The summed E-state index contributed by atoms with van der Waals surface area (Å²) in [7, 11) is 0. The van der Waals surface area contributed by atoms with Crippen LogP contribution >= 0.6 is 0 Å². The molecule has 4 nitrogen and oxygen atoms in total. The van der Waals surface area contributed by atoms with Gasteiger partial charge in [0.15, 0.2) is 0 Å². The maximum Gasteiger partial charge on any atom is 0.416 e. The van der Waals surface area contributed by atoms with Crippen LogP contribution in [0, 0.1) is 0 Å². The van der Waals surface area contributed by atoms with E-state index < -0.39 is 17.6 Å². The summed E-state index contributed by atoms with van der Waals surface area (Å²) in [6.07, 6.45) is -1.35. The Morgan fingerprint density at radius 2 is 2.23 bits per heavy atom. The lowest BCUT2D eigenvalue weighted by Crippen LogP contribution is -2.46. The molecule has 2 heterocycles. The fourth-order valence-electron chi connectivity index (χ4n) is 2.65. The average molecular weight is 316 g/mol. The van der Waals surface area contributed by atoms with Gasteiger partial charge in [0.05, 0.1) is 17.6 Å². The highest BCUT2D eigenvalue weighted by Crippen LogP contribution is 2.31. The van der Waals surface area contributed by atoms with Gasteiger partial charge in [-0.15, -0.1) is 0 Å². The molecule has 0 bridgehead atoms. The van der Waals surface area contributed by atoms with Crippen LogP contribution in [-0.2, 0) is 22.1 Å². The molecule has 0 aromatic carbocycles. The highest BCUT2D eigenvalue weighted by molar-refractivity contribution is 5.79. The van der Waals surface area contributed by atoms with E-state index in [1.807, 2.05) is 13.8 Å². The molecular formula is C15H19F3N2O2. The van der Waals surface area contributed by atoms with Crippen molar-refractivity contribution in [2.45, 2.75) is 50.9 Å². The second-order valence-corrected chi connectivity index (χ2v) is 6.07. The Morgan fingerprint density at radius 3 is 2.86 bits per heavy atom. The molecule has 1 amide bonds. The van der Waals surface area contributed by atoms with E-state index in [4.69, 9.17) is 4.74 Å². The lowest BCUT2D eigenvalue weighted by atomic mass is 9.93. The minimum absolute atomic E-state index is 0.0812. The summed E-state index contributed by atoms with van der Waals surface area (Å²) >= 11 is 0. The topological polar surface area (TPSA) is 51.2 Å². The number of carbonyl (C=O) groups excluding carboxylic acids is 1. The van der Waals surface area contributed by atoms with E-state index >= 15 is 0 Å². The first kappa shape index (κ1) is 16.7. The predicted molar refractivity (Wildman–Crippen MR) is 74.1 cm³/mol. The predicted octanol–water partition coefficient (Wildman–Crippen LogP) is 2.72. The molecule has 2 rings (SSSR count). The molecule has 1 aliphatic heterocycles. The zero-order chi connectivity index (χ0) is 16.4. The number of halogens is 3. The van der Waals surface area contributed by atoms with Gasteiger partial charge in [-0.1, -0.05) is 0 Å². The van der Waals surface area contributed by atoms with Crippen molar-refractivity contribution in [1.82, 2.24) is 10.3 Å². The summed E-state index contributed by atoms with van der Waals surface area (Å²) in [4.78, 5) is 15.7. The van der Waals surface area contributed by atoms with E-state index in [1.165, 1.54) is 0 Å². The second kappa shape index (κ2) is 6.24. The first-order valence-corrected chi connectivity index (χ1v) is 7.11. The van der Waals surface area contributed by atoms with E-state index in [0.29, 0.717) is 19.4 Å². The highest BCUT2D eigenvalue weighted by Gasteiger charge is 2.34. The van der Waals surface area contributed by atoms with Crippen LogP contribution in [-0.4, -0.2) is 29.1 Å². The molecule has 1 N–H and O–H groups in total. The summed E-state index contributed by atoms with van der Waals surface area (Å²) in [5.41, 5.74) is -1.26. The first-order chi connectivity index (χ1) is 10.2. The van der Waals surface area contributed by atoms with Gasteiger partial charge in [0, 0.05) is 25.0 Å². The maximum absolute atomic E-state index is 12.9. The molecule has 1 atom stereocenters. The van der Waals surface area contributed by atoms with Gasteiger partial charge >= 0.3 is 6.18 Å². The summed E-state index contributed by atoms with van der Waals surface area (Å²) in [6, 6.07) is 0.808. The molecule has 1 fully saturated rings. The molecule has 7 heteroatoms. The molecule has 1 aromatic heterocycles. The summed E-state index contributed by atoms with van der Waals surface area (Å²) in [6.45, 7) is 4.38. The number of nitrogens with zero attached hydrogens (tertiary/aromatic N) is 1. The smallest absolute Gasteiger partial charge is 0.375 e. The minimum Gasteiger partial charge on any atom is -0.375 e. The van der Waals surface area contributed by atoms with Crippen molar-refractivity contribution in [3.05, 3.63) is 29.6 Å². The van der Waals surface area contributed by atoms with Crippen molar-refractivity contribution in [2.24, 2.45) is 0 Å². The fraction of sp³-hybridized carbons (Fsp3) is 0.600. The lowest BCUT2D eigenvalue weighted by Gasteiger charge is -2.35. The Bertz CT molecular complexity index is 544. The standard InChI is InChI=1S/C15H19F3N2O2/c1-14(2)8-11(4-6-22-14)20-13(21)7-10-9-19-5-3-12(10)15(16,17)18/h3,5,9,11H,4,6-8H2,1-2H3,(H,20,21)/t11-/m0/s1. The van der Waals surface area contributed by atoms with E-state index in [0.717, 1.165) is 18.5 Å². The Morgan fingerprint density at radius 1 is 1.50 bits per heavy atom. The number of rotatable bonds is 3. The third kappa shape index (κ3) is 4.43. The summed E-state index contributed by atoms with van der Waals surface area (Å²) in [5.74, 6) is -0.429. The number of carbonyl (C=O) groups is 1. The molecule has 0 radical (unpaired) electrons. The zero-order valence-electron chi connectivity index (χ0n) is 12.5. The van der Waals surface area contributed by atoms with Crippen LogP contribution < -0.4 is 5.32 Å². The van der Waals surface area contributed by atoms with E-state index in [1.54, 1.807) is 0 Å². The maximum atomic E-state index is 12.9. The number of hydrogen-bond donors (Lipinski definition) is 1. The molecule has 1 saturated heterocycles. The van der Waals surface area contributed by atoms with Gasteiger partial charge < -0.3 is 10.1 Å². The van der Waals surface area contributed by atoms with Gasteiger partial charge in [0.2, 0.25) is 5.91 Å². The number of ether oxygens (including phenoxy) is 1. The summed E-state index contributed by atoms with van der Waals surface area (Å²) < 4.78 is 44.2. The molecule has 1 aliphatic rings. The Balaban J connectivity index is 2.01. The van der Waals surface area contributed by atoms with Gasteiger partial charge in [0.1, 0.15) is 0 Å². The van der Waals surface area contributed by atoms with Crippen molar-refractivity contribution in [1.29, 1.82) is 0 Å². The van der Waals surface area contributed by atoms with Crippen LogP contribution in [0.1, 0.15) is 37.8 Å². The van der Waals surface area contributed by atoms with Crippen molar-refractivity contribution < 1.29 is 22.7 Å². The van der Waals surface area contributed by atoms with Crippen LogP contribution in [0.15, 0.2) is 18.5 Å². The molecule has 22 heavy (non-hydrogen) atoms. The van der Waals surface area contributed by atoms with Crippen molar-refractivity contribution >= 4 is 5.91 Å². The highest BCUT2D eigenvalue weighted by atomic mass is 19.4. The largest absolute Gasteiger partial charge is 0.416 e. The van der Waals surface area contributed by atoms with Gasteiger partial charge in [0.25, 0.3) is 0 Å². The number of pyridine rings is 1. The van der Waals surface area contributed by atoms with Crippen LogP contribution in [0.25, 0.3) is 0 Å². The number of alkyl halides is 3. The Kier molecular flexibility index (Phi) is 4.75. The molecule has 122 valence electrons. The normalized spacial score (nSPS) is 21.4. The molecule has 0 spiro atoms. The third-order valence-electron chi connectivity index (χ3n) is 3.62. The molecule has 0 saturated carbocycles. The Hall–Kier alpha value is -1.63. The SMILES string of the molecule is CC1(C)C[C@@H](NC(=O)Cc2cnccc2C(F)(F)F)CCO1. The number of amides is 1. The van der Waals surface area contributed by atoms with E-state index in [9.17, 15) is 18.0 Å². The second-order valence-electron chi connectivity index (χ2n) is 6.07. The van der Waals surface area contributed by atoms with Gasteiger partial charge in [-0.2, -0.15) is 13.2 Å². The number of nitrogens with one attached hydrogen (secondary N) is 1. The van der Waals surface area contributed by atoms with Crippen molar-refractivity contribution in [3.8, 4) is 0 Å².